The summed E-state index contributed by atoms with van der Waals surface area (Å²) >= 11 is 0. The van der Waals surface area contributed by atoms with Crippen LogP contribution in [0.1, 0.15) is 15.9 Å². The molecule has 0 unspecified atom stereocenters. The molecular formula is C11H16N2O2. The lowest BCUT2D eigenvalue weighted by molar-refractivity contribution is 0.0599. The standard InChI is InChI=1S/C11H16N2O2/c1-15-11(14)10-5-3-2-4-9(10)8-13-7-6-12/h2-5,13H,6-8,12H2,1H3. The molecule has 0 saturated heterocycles. The summed E-state index contributed by atoms with van der Waals surface area (Å²) in [5.74, 6) is -0.305. The van der Waals surface area contributed by atoms with Gasteiger partial charge in [-0.05, 0) is 11.6 Å². The third-order valence-corrected chi connectivity index (χ3v) is 2.06. The second-order valence-electron chi connectivity index (χ2n) is 3.11. The summed E-state index contributed by atoms with van der Waals surface area (Å²) in [5, 5.41) is 3.14. The van der Waals surface area contributed by atoms with Crippen molar-refractivity contribution in [1.29, 1.82) is 0 Å². The number of ether oxygens (including phenoxy) is 1. The molecule has 0 amide bonds. The lowest BCUT2D eigenvalue weighted by atomic mass is 10.1. The summed E-state index contributed by atoms with van der Waals surface area (Å²) in [4.78, 5) is 11.4. The van der Waals surface area contributed by atoms with Crippen molar-refractivity contribution in [2.75, 3.05) is 20.2 Å². The van der Waals surface area contributed by atoms with Gasteiger partial charge in [0.1, 0.15) is 0 Å². The molecule has 3 N–H and O–H groups in total. The highest BCUT2D eigenvalue weighted by molar-refractivity contribution is 5.90. The van der Waals surface area contributed by atoms with Crippen molar-refractivity contribution in [2.45, 2.75) is 6.54 Å². The fourth-order valence-electron chi connectivity index (χ4n) is 1.31. The van der Waals surface area contributed by atoms with Gasteiger partial charge in [0.25, 0.3) is 0 Å². The van der Waals surface area contributed by atoms with E-state index in [-0.39, 0.29) is 5.97 Å². The second-order valence-corrected chi connectivity index (χ2v) is 3.11. The maximum absolute atomic E-state index is 11.4. The molecule has 1 aromatic carbocycles. The normalized spacial score (nSPS) is 10.0. The van der Waals surface area contributed by atoms with Crippen molar-refractivity contribution in [2.24, 2.45) is 5.73 Å². The number of nitrogens with one attached hydrogen (secondary N) is 1. The van der Waals surface area contributed by atoms with Gasteiger partial charge in [0.15, 0.2) is 0 Å². The molecule has 0 atom stereocenters. The van der Waals surface area contributed by atoms with Crippen LogP contribution in [0.2, 0.25) is 0 Å². The topological polar surface area (TPSA) is 64.3 Å². The fraction of sp³-hybridized carbons (Fsp3) is 0.364. The van der Waals surface area contributed by atoms with Crippen LogP contribution in [0.15, 0.2) is 24.3 Å². The fourth-order valence-corrected chi connectivity index (χ4v) is 1.31. The Balaban J connectivity index is 2.73. The quantitative estimate of drug-likeness (QED) is 0.547. The van der Waals surface area contributed by atoms with Crippen LogP contribution >= 0.6 is 0 Å². The molecule has 0 aromatic heterocycles. The third-order valence-electron chi connectivity index (χ3n) is 2.06. The van der Waals surface area contributed by atoms with E-state index in [4.69, 9.17) is 10.5 Å². The maximum Gasteiger partial charge on any atom is 0.338 e. The van der Waals surface area contributed by atoms with Gasteiger partial charge in [-0.1, -0.05) is 18.2 Å². The van der Waals surface area contributed by atoms with Gasteiger partial charge in [-0.15, -0.1) is 0 Å². The van der Waals surface area contributed by atoms with Crippen molar-refractivity contribution in [3.63, 3.8) is 0 Å². The van der Waals surface area contributed by atoms with Crippen LogP contribution in [0, 0.1) is 0 Å². The number of nitrogens with two attached hydrogens (primary N) is 1. The molecule has 0 saturated carbocycles. The van der Waals surface area contributed by atoms with Gasteiger partial charge in [0.05, 0.1) is 12.7 Å². The average molecular weight is 208 g/mol. The molecule has 1 aromatic rings. The molecule has 0 bridgehead atoms. The van der Waals surface area contributed by atoms with Crippen molar-refractivity contribution < 1.29 is 9.53 Å². The summed E-state index contributed by atoms with van der Waals surface area (Å²) in [6.07, 6.45) is 0. The number of hydrogen-bond acceptors (Lipinski definition) is 4. The Labute approximate surface area is 89.4 Å². The van der Waals surface area contributed by atoms with Crippen molar-refractivity contribution >= 4 is 5.97 Å². The molecule has 0 aliphatic rings. The molecule has 0 spiro atoms. The minimum absolute atomic E-state index is 0.305. The van der Waals surface area contributed by atoms with Crippen LogP contribution in [0.25, 0.3) is 0 Å². The molecule has 0 fully saturated rings. The van der Waals surface area contributed by atoms with Crippen LogP contribution in [0.4, 0.5) is 0 Å². The van der Waals surface area contributed by atoms with Gasteiger partial charge in [0.2, 0.25) is 0 Å². The summed E-state index contributed by atoms with van der Waals surface area (Å²) < 4.78 is 4.69. The van der Waals surface area contributed by atoms with E-state index in [1.807, 2.05) is 18.2 Å². The zero-order valence-corrected chi connectivity index (χ0v) is 8.82. The highest BCUT2D eigenvalue weighted by Gasteiger charge is 2.09. The SMILES string of the molecule is COC(=O)c1ccccc1CNCCN. The van der Waals surface area contributed by atoms with Crippen molar-refractivity contribution in [3.8, 4) is 0 Å². The Morgan fingerprint density at radius 3 is 2.87 bits per heavy atom. The molecule has 0 heterocycles. The van der Waals surface area contributed by atoms with Crippen molar-refractivity contribution in [1.82, 2.24) is 5.32 Å². The van der Waals surface area contributed by atoms with E-state index in [9.17, 15) is 4.79 Å². The van der Waals surface area contributed by atoms with E-state index in [0.717, 1.165) is 12.1 Å². The Morgan fingerprint density at radius 1 is 1.47 bits per heavy atom. The van der Waals surface area contributed by atoms with Crippen LogP contribution < -0.4 is 11.1 Å². The van der Waals surface area contributed by atoms with Gasteiger partial charge in [-0.3, -0.25) is 0 Å². The van der Waals surface area contributed by atoms with E-state index in [1.165, 1.54) is 7.11 Å². The molecule has 0 aliphatic carbocycles. The molecule has 15 heavy (non-hydrogen) atoms. The van der Waals surface area contributed by atoms with Crippen molar-refractivity contribution in [3.05, 3.63) is 35.4 Å². The second kappa shape index (κ2) is 6.16. The zero-order valence-electron chi connectivity index (χ0n) is 8.82. The van der Waals surface area contributed by atoms with Gasteiger partial charge in [-0.25, -0.2) is 4.79 Å². The lowest BCUT2D eigenvalue weighted by Crippen LogP contribution is -2.23. The van der Waals surface area contributed by atoms with E-state index >= 15 is 0 Å². The maximum atomic E-state index is 11.4. The number of carbonyl (C=O) groups excluding carboxylic acids is 1. The predicted molar refractivity (Wildman–Crippen MR) is 58.5 cm³/mol. The molecule has 0 aliphatic heterocycles. The van der Waals surface area contributed by atoms with Gasteiger partial charge in [0, 0.05) is 19.6 Å². The van der Waals surface area contributed by atoms with Gasteiger partial charge >= 0.3 is 5.97 Å². The Hall–Kier alpha value is -1.39. The van der Waals surface area contributed by atoms with E-state index in [2.05, 4.69) is 5.32 Å². The molecule has 0 radical (unpaired) electrons. The first kappa shape index (κ1) is 11.7. The van der Waals surface area contributed by atoms with E-state index in [0.29, 0.717) is 18.7 Å². The zero-order chi connectivity index (χ0) is 11.1. The number of carbonyl (C=O) groups is 1. The number of benzene rings is 1. The molecule has 4 nitrogen and oxygen atoms in total. The molecule has 82 valence electrons. The van der Waals surface area contributed by atoms with E-state index < -0.39 is 0 Å². The predicted octanol–water partition coefficient (Wildman–Crippen LogP) is 0.522. The van der Waals surface area contributed by atoms with E-state index in [1.54, 1.807) is 6.07 Å². The van der Waals surface area contributed by atoms with Gasteiger partial charge < -0.3 is 15.8 Å². The van der Waals surface area contributed by atoms with Gasteiger partial charge in [-0.2, -0.15) is 0 Å². The highest BCUT2D eigenvalue weighted by Crippen LogP contribution is 2.09. The molecule has 1 rings (SSSR count). The minimum Gasteiger partial charge on any atom is -0.465 e. The van der Waals surface area contributed by atoms with Crippen LogP contribution in [0.3, 0.4) is 0 Å². The first-order valence-corrected chi connectivity index (χ1v) is 4.86. The third kappa shape index (κ3) is 3.34. The number of rotatable bonds is 5. The highest BCUT2D eigenvalue weighted by atomic mass is 16.5. The summed E-state index contributed by atoms with van der Waals surface area (Å²) in [6, 6.07) is 7.37. The smallest absolute Gasteiger partial charge is 0.338 e. The summed E-state index contributed by atoms with van der Waals surface area (Å²) in [6.45, 7) is 1.94. The minimum atomic E-state index is -0.305. The number of hydrogen-bond donors (Lipinski definition) is 2. The van der Waals surface area contributed by atoms with Crippen LogP contribution in [0.5, 0.6) is 0 Å². The summed E-state index contributed by atoms with van der Waals surface area (Å²) in [7, 11) is 1.38. The first-order valence-electron chi connectivity index (χ1n) is 4.86. The molecule has 4 heteroatoms. The Bertz CT molecular complexity index is 326. The largest absolute Gasteiger partial charge is 0.465 e. The average Bonchev–Trinajstić information content (AvgIpc) is 2.29. The monoisotopic (exact) mass is 208 g/mol. The molecular weight excluding hydrogens is 192 g/mol. The first-order chi connectivity index (χ1) is 7.29. The number of methoxy groups -OCH3 is 1. The Kier molecular flexibility index (Phi) is 4.80. The summed E-state index contributed by atoms with van der Waals surface area (Å²) in [5.41, 5.74) is 6.89. The van der Waals surface area contributed by atoms with Crippen LogP contribution in [-0.2, 0) is 11.3 Å². The lowest BCUT2D eigenvalue weighted by Gasteiger charge is -2.08. The number of esters is 1. The Morgan fingerprint density at radius 2 is 2.20 bits per heavy atom. The van der Waals surface area contributed by atoms with Crippen LogP contribution in [-0.4, -0.2) is 26.2 Å².